The third-order valence-corrected chi connectivity index (χ3v) is 2.09. The summed E-state index contributed by atoms with van der Waals surface area (Å²) in [7, 11) is 0. The predicted molar refractivity (Wildman–Crippen MR) is 70.9 cm³/mol. The summed E-state index contributed by atoms with van der Waals surface area (Å²) in [6, 6.07) is 0. The van der Waals surface area contributed by atoms with Gasteiger partial charge in [-0.1, -0.05) is 62.5 Å². The van der Waals surface area contributed by atoms with Gasteiger partial charge >= 0.3 is 0 Å². The smallest absolute Gasteiger partial charge is 0.0154 e. The normalized spacial score (nSPS) is 15.6. The molecule has 0 radical (unpaired) electrons. The zero-order valence-corrected chi connectivity index (χ0v) is 10.4. The molecule has 0 saturated heterocycles. The zero-order valence-electron chi connectivity index (χ0n) is 10.4. The van der Waals surface area contributed by atoms with E-state index in [1.165, 1.54) is 16.7 Å². The quantitative estimate of drug-likeness (QED) is 0.554. The van der Waals surface area contributed by atoms with Crippen LogP contribution < -0.4 is 0 Å². The van der Waals surface area contributed by atoms with Crippen molar-refractivity contribution in [2.45, 2.75) is 34.1 Å². The van der Waals surface area contributed by atoms with Gasteiger partial charge in [0.15, 0.2) is 0 Å². The van der Waals surface area contributed by atoms with Crippen molar-refractivity contribution < 1.29 is 0 Å². The van der Waals surface area contributed by atoms with Gasteiger partial charge in [0.25, 0.3) is 0 Å². The second-order valence-electron chi connectivity index (χ2n) is 3.27. The molecule has 1 aliphatic rings. The topological polar surface area (TPSA) is 0 Å². The van der Waals surface area contributed by atoms with Gasteiger partial charge in [-0.25, -0.2) is 0 Å². The van der Waals surface area contributed by atoms with Crippen LogP contribution in [0.2, 0.25) is 0 Å². The first-order chi connectivity index (χ1) is 7.24. The number of allylic oxidation sites excluding steroid dienone is 9. The minimum Gasteiger partial charge on any atom is -0.0991 e. The fourth-order valence-electron chi connectivity index (χ4n) is 1.39. The van der Waals surface area contributed by atoms with E-state index in [2.05, 4.69) is 44.7 Å². The van der Waals surface area contributed by atoms with Gasteiger partial charge < -0.3 is 0 Å². The molecule has 0 spiro atoms. The maximum Gasteiger partial charge on any atom is -0.0154 e. The van der Waals surface area contributed by atoms with Gasteiger partial charge in [-0.2, -0.15) is 0 Å². The highest BCUT2D eigenvalue weighted by Crippen LogP contribution is 2.18. The van der Waals surface area contributed by atoms with Gasteiger partial charge in [0.05, 0.1) is 0 Å². The van der Waals surface area contributed by atoms with Gasteiger partial charge in [-0.15, -0.1) is 0 Å². The van der Waals surface area contributed by atoms with Crippen molar-refractivity contribution in [3.8, 4) is 0 Å². The number of hydrogen-bond acceptors (Lipinski definition) is 0. The Morgan fingerprint density at radius 1 is 1.20 bits per heavy atom. The Kier molecular flexibility index (Phi) is 7.35. The molecule has 82 valence electrons. The van der Waals surface area contributed by atoms with Crippen LogP contribution in [-0.2, 0) is 0 Å². The number of hydrogen-bond donors (Lipinski definition) is 0. The van der Waals surface area contributed by atoms with Crippen molar-refractivity contribution in [2.24, 2.45) is 0 Å². The van der Waals surface area contributed by atoms with Crippen LogP contribution in [0.3, 0.4) is 0 Å². The number of rotatable bonds is 2. The molecule has 0 aromatic heterocycles. The van der Waals surface area contributed by atoms with E-state index in [4.69, 9.17) is 0 Å². The van der Waals surface area contributed by atoms with E-state index in [0.717, 1.165) is 6.42 Å². The summed E-state index contributed by atoms with van der Waals surface area (Å²) in [6.45, 7) is 11.9. The molecule has 1 aliphatic carbocycles. The van der Waals surface area contributed by atoms with Crippen molar-refractivity contribution in [3.05, 3.63) is 59.8 Å². The second-order valence-corrected chi connectivity index (χ2v) is 3.27. The lowest BCUT2D eigenvalue weighted by Crippen LogP contribution is -1.79. The fraction of sp³-hybridized carbons (Fsp3) is 0.333. The van der Waals surface area contributed by atoms with Crippen molar-refractivity contribution in [2.75, 3.05) is 0 Å². The van der Waals surface area contributed by atoms with Crippen LogP contribution in [-0.4, -0.2) is 0 Å². The van der Waals surface area contributed by atoms with Crippen molar-refractivity contribution in [1.82, 2.24) is 0 Å². The maximum absolute atomic E-state index is 3.66. The predicted octanol–water partition coefficient (Wildman–Crippen LogP) is 4.98. The molecule has 0 aromatic carbocycles. The Morgan fingerprint density at radius 3 is 2.47 bits per heavy atom. The van der Waals surface area contributed by atoms with E-state index < -0.39 is 0 Å². The van der Waals surface area contributed by atoms with E-state index >= 15 is 0 Å². The Bertz CT molecular complexity index is 309. The summed E-state index contributed by atoms with van der Waals surface area (Å²) in [4.78, 5) is 0. The van der Waals surface area contributed by atoms with E-state index in [9.17, 15) is 0 Å². The summed E-state index contributed by atoms with van der Waals surface area (Å²) in [5, 5.41) is 0. The molecule has 0 amide bonds. The standard InChI is InChI=1S/C13H16.C2H6/c1-4-5-8-13-9-6-7-11(2)10-12(13)3;1-2/h4-5,7-10H,1,6H2,2-3H3;1-2H3/b8-5-;. The Balaban J connectivity index is 0.000000921. The second kappa shape index (κ2) is 8.05. The molecule has 15 heavy (non-hydrogen) atoms. The average molecular weight is 202 g/mol. The highest BCUT2D eigenvalue weighted by molar-refractivity contribution is 5.44. The van der Waals surface area contributed by atoms with Crippen molar-refractivity contribution >= 4 is 0 Å². The molecule has 1 rings (SSSR count). The maximum atomic E-state index is 3.66. The zero-order chi connectivity index (χ0) is 11.7. The molecule has 0 N–H and O–H groups in total. The van der Waals surface area contributed by atoms with E-state index in [-0.39, 0.29) is 0 Å². The summed E-state index contributed by atoms with van der Waals surface area (Å²) < 4.78 is 0. The third kappa shape index (κ3) is 5.21. The lowest BCUT2D eigenvalue weighted by atomic mass is 10.1. The average Bonchev–Trinajstić information content (AvgIpc) is 2.40. The molecule has 0 unspecified atom stereocenters. The first kappa shape index (κ1) is 13.7. The molecule has 0 atom stereocenters. The Hall–Kier alpha value is -1.30. The van der Waals surface area contributed by atoms with Crippen molar-refractivity contribution in [3.63, 3.8) is 0 Å². The monoisotopic (exact) mass is 202 g/mol. The van der Waals surface area contributed by atoms with Crippen LogP contribution in [0, 0.1) is 0 Å². The van der Waals surface area contributed by atoms with Gasteiger partial charge in [0.2, 0.25) is 0 Å². The fourth-order valence-corrected chi connectivity index (χ4v) is 1.39. The molecule has 0 bridgehead atoms. The SMILES string of the molecule is C=C/C=C\C1=CCC=C(C)C=C1C.CC. The van der Waals surface area contributed by atoms with Crippen LogP contribution in [0.1, 0.15) is 34.1 Å². The molecular weight excluding hydrogens is 180 g/mol. The minimum absolute atomic E-state index is 1.02. The van der Waals surface area contributed by atoms with E-state index in [0.29, 0.717) is 0 Å². The first-order valence-corrected chi connectivity index (χ1v) is 5.58. The van der Waals surface area contributed by atoms with Gasteiger partial charge in [-0.3, -0.25) is 0 Å². The molecule has 0 aliphatic heterocycles. The Morgan fingerprint density at radius 2 is 1.87 bits per heavy atom. The summed E-state index contributed by atoms with van der Waals surface area (Å²) in [6.07, 6.45) is 13.6. The summed E-state index contributed by atoms with van der Waals surface area (Å²) >= 11 is 0. The molecule has 0 fully saturated rings. The lowest BCUT2D eigenvalue weighted by Gasteiger charge is -1.99. The minimum atomic E-state index is 1.02. The molecule has 0 heterocycles. The first-order valence-electron chi connectivity index (χ1n) is 5.58. The molecule has 0 saturated carbocycles. The Labute approximate surface area is 94.4 Å². The van der Waals surface area contributed by atoms with E-state index in [1.807, 2.05) is 19.9 Å². The van der Waals surface area contributed by atoms with Crippen LogP contribution in [0.25, 0.3) is 0 Å². The van der Waals surface area contributed by atoms with Gasteiger partial charge in [0.1, 0.15) is 0 Å². The highest BCUT2D eigenvalue weighted by atomic mass is 14.0. The van der Waals surface area contributed by atoms with E-state index in [1.54, 1.807) is 6.08 Å². The summed E-state index contributed by atoms with van der Waals surface area (Å²) in [5.74, 6) is 0. The van der Waals surface area contributed by atoms with Crippen LogP contribution >= 0.6 is 0 Å². The van der Waals surface area contributed by atoms with Crippen LogP contribution in [0.4, 0.5) is 0 Å². The molecule has 0 heteroatoms. The molecule has 0 nitrogen and oxygen atoms in total. The summed E-state index contributed by atoms with van der Waals surface area (Å²) in [5.41, 5.74) is 3.97. The largest absolute Gasteiger partial charge is 0.0991 e. The lowest BCUT2D eigenvalue weighted by molar-refractivity contribution is 1.33. The molecule has 0 aromatic rings. The molecular formula is C15H22. The van der Waals surface area contributed by atoms with Gasteiger partial charge in [0, 0.05) is 0 Å². The third-order valence-electron chi connectivity index (χ3n) is 2.09. The van der Waals surface area contributed by atoms with Gasteiger partial charge in [-0.05, 0) is 31.4 Å². The van der Waals surface area contributed by atoms with Crippen molar-refractivity contribution in [1.29, 1.82) is 0 Å². The van der Waals surface area contributed by atoms with Crippen LogP contribution in [0.15, 0.2) is 59.8 Å². The highest BCUT2D eigenvalue weighted by Gasteiger charge is 1.98. The van der Waals surface area contributed by atoms with Crippen LogP contribution in [0.5, 0.6) is 0 Å².